The molecule has 0 saturated heterocycles. The second-order valence-electron chi connectivity index (χ2n) is 4.65. The maximum absolute atomic E-state index is 12.1. The van der Waals surface area contributed by atoms with Gasteiger partial charge in [0.05, 0.1) is 6.04 Å². The number of aromatic nitrogens is 2. The van der Waals surface area contributed by atoms with Gasteiger partial charge in [0.25, 0.3) is 0 Å². The number of aliphatic carboxylic acids is 1. The SMILES string of the molecule is CCC(NC(=O)C1(C(=O)O)CCC1)c1ncc[nH]1. The van der Waals surface area contributed by atoms with Crippen molar-refractivity contribution in [3.63, 3.8) is 0 Å². The topological polar surface area (TPSA) is 95.1 Å². The molecule has 1 heterocycles. The quantitative estimate of drug-likeness (QED) is 0.686. The van der Waals surface area contributed by atoms with Crippen molar-refractivity contribution >= 4 is 11.9 Å². The number of hydrogen-bond donors (Lipinski definition) is 3. The van der Waals surface area contributed by atoms with Crippen LogP contribution < -0.4 is 5.32 Å². The number of hydrogen-bond acceptors (Lipinski definition) is 3. The van der Waals surface area contributed by atoms with E-state index in [0.29, 0.717) is 25.1 Å². The molecule has 0 spiro atoms. The molecule has 1 fully saturated rings. The van der Waals surface area contributed by atoms with Gasteiger partial charge in [0.15, 0.2) is 0 Å². The van der Waals surface area contributed by atoms with Crippen molar-refractivity contribution in [3.05, 3.63) is 18.2 Å². The van der Waals surface area contributed by atoms with Gasteiger partial charge in [-0.15, -0.1) is 0 Å². The van der Waals surface area contributed by atoms with Crippen molar-refractivity contribution in [2.45, 2.75) is 38.6 Å². The van der Waals surface area contributed by atoms with E-state index in [1.165, 1.54) is 0 Å². The van der Waals surface area contributed by atoms with Gasteiger partial charge in [-0.3, -0.25) is 9.59 Å². The van der Waals surface area contributed by atoms with Crippen LogP contribution in [0.25, 0.3) is 0 Å². The highest BCUT2D eigenvalue weighted by atomic mass is 16.4. The third-order valence-electron chi connectivity index (χ3n) is 3.61. The van der Waals surface area contributed by atoms with Gasteiger partial charge in [-0.05, 0) is 19.3 Å². The number of carboxylic acid groups (broad SMARTS) is 1. The van der Waals surface area contributed by atoms with E-state index in [4.69, 9.17) is 0 Å². The lowest BCUT2D eigenvalue weighted by Crippen LogP contribution is -2.51. The average Bonchev–Trinajstić information content (AvgIpc) is 2.76. The van der Waals surface area contributed by atoms with E-state index in [1.54, 1.807) is 12.4 Å². The monoisotopic (exact) mass is 251 g/mol. The minimum atomic E-state index is -1.22. The van der Waals surface area contributed by atoms with Crippen LogP contribution in [0, 0.1) is 5.41 Å². The summed E-state index contributed by atoms with van der Waals surface area (Å²) in [6.07, 6.45) is 5.58. The number of rotatable bonds is 5. The molecule has 1 unspecified atom stereocenters. The van der Waals surface area contributed by atoms with E-state index >= 15 is 0 Å². The molecule has 1 atom stereocenters. The molecule has 2 rings (SSSR count). The van der Waals surface area contributed by atoms with Gasteiger partial charge < -0.3 is 15.4 Å². The highest BCUT2D eigenvalue weighted by molar-refractivity contribution is 6.02. The Morgan fingerprint density at radius 1 is 1.61 bits per heavy atom. The summed E-state index contributed by atoms with van der Waals surface area (Å²) in [5.74, 6) is -0.768. The number of amides is 1. The third kappa shape index (κ3) is 1.98. The van der Waals surface area contributed by atoms with Crippen LogP contribution in [-0.4, -0.2) is 27.0 Å². The minimum absolute atomic E-state index is 0.260. The molecule has 18 heavy (non-hydrogen) atoms. The second kappa shape index (κ2) is 4.80. The van der Waals surface area contributed by atoms with Crippen LogP contribution in [0.1, 0.15) is 44.5 Å². The number of nitrogens with zero attached hydrogens (tertiary/aromatic N) is 1. The number of imidazole rings is 1. The lowest BCUT2D eigenvalue weighted by Gasteiger charge is -2.36. The van der Waals surface area contributed by atoms with Crippen molar-refractivity contribution in [3.8, 4) is 0 Å². The Morgan fingerprint density at radius 3 is 2.72 bits per heavy atom. The van der Waals surface area contributed by atoms with Crippen molar-refractivity contribution in [2.24, 2.45) is 5.41 Å². The molecule has 1 aliphatic rings. The summed E-state index contributed by atoms with van der Waals surface area (Å²) in [5, 5.41) is 12.0. The maximum atomic E-state index is 12.1. The van der Waals surface area contributed by atoms with Gasteiger partial charge >= 0.3 is 5.97 Å². The Kier molecular flexibility index (Phi) is 3.36. The van der Waals surface area contributed by atoms with Crippen molar-refractivity contribution in [1.29, 1.82) is 0 Å². The predicted octanol–water partition coefficient (Wildman–Crippen LogP) is 1.23. The number of carboxylic acids is 1. The molecule has 6 heteroatoms. The summed E-state index contributed by atoms with van der Waals surface area (Å²) in [6, 6.07) is -0.260. The highest BCUT2D eigenvalue weighted by Gasteiger charge is 2.51. The molecule has 1 aromatic rings. The molecule has 1 saturated carbocycles. The van der Waals surface area contributed by atoms with Crippen LogP contribution in [0.15, 0.2) is 12.4 Å². The molecule has 0 radical (unpaired) electrons. The molecule has 6 nitrogen and oxygen atoms in total. The number of nitrogens with one attached hydrogen (secondary N) is 2. The Balaban J connectivity index is 2.08. The first-order chi connectivity index (χ1) is 8.60. The second-order valence-corrected chi connectivity index (χ2v) is 4.65. The summed E-state index contributed by atoms with van der Waals surface area (Å²) in [5.41, 5.74) is -1.22. The van der Waals surface area contributed by atoms with E-state index in [9.17, 15) is 14.7 Å². The van der Waals surface area contributed by atoms with E-state index in [1.807, 2.05) is 6.92 Å². The highest BCUT2D eigenvalue weighted by Crippen LogP contribution is 2.41. The smallest absolute Gasteiger partial charge is 0.319 e. The summed E-state index contributed by atoms with van der Waals surface area (Å²) in [7, 11) is 0. The predicted molar refractivity (Wildman–Crippen MR) is 63.7 cm³/mol. The fraction of sp³-hybridized carbons (Fsp3) is 0.583. The molecule has 1 aromatic heterocycles. The molecule has 1 amide bonds. The zero-order valence-corrected chi connectivity index (χ0v) is 10.3. The van der Waals surface area contributed by atoms with E-state index in [2.05, 4.69) is 15.3 Å². The van der Waals surface area contributed by atoms with Crippen LogP contribution in [-0.2, 0) is 9.59 Å². The molecule has 3 N–H and O–H groups in total. The first-order valence-electron chi connectivity index (χ1n) is 6.14. The summed E-state index contributed by atoms with van der Waals surface area (Å²) in [4.78, 5) is 30.4. The summed E-state index contributed by atoms with van der Waals surface area (Å²) < 4.78 is 0. The van der Waals surface area contributed by atoms with Gasteiger partial charge in [0, 0.05) is 12.4 Å². The van der Waals surface area contributed by atoms with Crippen LogP contribution in [0.4, 0.5) is 0 Å². The summed E-state index contributed by atoms with van der Waals surface area (Å²) in [6.45, 7) is 1.92. The lowest BCUT2D eigenvalue weighted by atomic mass is 9.68. The summed E-state index contributed by atoms with van der Waals surface area (Å²) >= 11 is 0. The van der Waals surface area contributed by atoms with Crippen molar-refractivity contribution in [1.82, 2.24) is 15.3 Å². The van der Waals surface area contributed by atoms with Crippen molar-refractivity contribution < 1.29 is 14.7 Å². The maximum Gasteiger partial charge on any atom is 0.319 e. The van der Waals surface area contributed by atoms with Gasteiger partial charge in [-0.2, -0.15) is 0 Å². The minimum Gasteiger partial charge on any atom is -0.480 e. The molecular weight excluding hydrogens is 234 g/mol. The molecule has 0 aromatic carbocycles. The number of aromatic amines is 1. The fourth-order valence-corrected chi connectivity index (χ4v) is 2.20. The largest absolute Gasteiger partial charge is 0.480 e. The van der Waals surface area contributed by atoms with Crippen molar-refractivity contribution in [2.75, 3.05) is 0 Å². The lowest BCUT2D eigenvalue weighted by molar-refractivity contribution is -0.162. The molecule has 1 aliphatic carbocycles. The number of carbonyl (C=O) groups is 2. The van der Waals surface area contributed by atoms with Gasteiger partial charge in [0.2, 0.25) is 5.91 Å². The Bertz CT molecular complexity index is 437. The Labute approximate surface area is 105 Å². The molecular formula is C12H17N3O3. The molecule has 0 bridgehead atoms. The van der Waals surface area contributed by atoms with E-state index < -0.39 is 17.3 Å². The third-order valence-corrected chi connectivity index (χ3v) is 3.61. The zero-order chi connectivity index (χ0) is 13.2. The van der Waals surface area contributed by atoms with Crippen LogP contribution >= 0.6 is 0 Å². The zero-order valence-electron chi connectivity index (χ0n) is 10.3. The van der Waals surface area contributed by atoms with Gasteiger partial charge in [-0.25, -0.2) is 4.98 Å². The van der Waals surface area contributed by atoms with Crippen LogP contribution in [0.2, 0.25) is 0 Å². The van der Waals surface area contributed by atoms with Gasteiger partial charge in [0.1, 0.15) is 11.2 Å². The first kappa shape index (κ1) is 12.6. The van der Waals surface area contributed by atoms with E-state index in [0.717, 1.165) is 6.42 Å². The van der Waals surface area contributed by atoms with Crippen LogP contribution in [0.5, 0.6) is 0 Å². The first-order valence-corrected chi connectivity index (χ1v) is 6.14. The van der Waals surface area contributed by atoms with E-state index in [-0.39, 0.29) is 6.04 Å². The molecule has 0 aliphatic heterocycles. The molecule has 98 valence electrons. The fourth-order valence-electron chi connectivity index (χ4n) is 2.20. The average molecular weight is 251 g/mol. The Morgan fingerprint density at radius 2 is 2.33 bits per heavy atom. The standard InChI is InChI=1S/C12H17N3O3/c1-2-8(9-13-6-7-14-9)15-10(16)12(11(17)18)4-3-5-12/h6-8H,2-5H2,1H3,(H,13,14)(H,15,16)(H,17,18). The van der Waals surface area contributed by atoms with Gasteiger partial charge in [-0.1, -0.05) is 13.3 Å². The number of H-pyrrole nitrogens is 1. The number of carbonyl (C=O) groups excluding carboxylic acids is 1. The van der Waals surface area contributed by atoms with Crippen LogP contribution in [0.3, 0.4) is 0 Å². The normalized spacial score (nSPS) is 18.7. The Hall–Kier alpha value is -1.85.